The van der Waals surface area contributed by atoms with Crippen molar-refractivity contribution in [2.24, 2.45) is 5.16 Å². The van der Waals surface area contributed by atoms with E-state index in [2.05, 4.69) is 61.8 Å². The molecule has 103 heavy (non-hydrogen) atoms. The zero-order chi connectivity index (χ0) is 76.8. The Labute approximate surface area is 615 Å². The summed E-state index contributed by atoms with van der Waals surface area (Å²) in [6.45, 7) is 15.5. The number of hydrogen-bond acceptors (Lipinski definition) is 19. The van der Waals surface area contributed by atoms with Gasteiger partial charge in [-0.1, -0.05) is 34.6 Å². The Morgan fingerprint density at radius 1 is 0.524 bits per heavy atom. The van der Waals surface area contributed by atoms with Gasteiger partial charge in [-0.15, -0.1) is 52.2 Å². The van der Waals surface area contributed by atoms with Crippen LogP contribution >= 0.6 is 47.0 Å². The van der Waals surface area contributed by atoms with Crippen LogP contribution in [0.1, 0.15) is 146 Å². The summed E-state index contributed by atoms with van der Waals surface area (Å²) >= 11 is 6.49. The van der Waals surface area contributed by atoms with Crippen molar-refractivity contribution in [2.75, 3.05) is 84.1 Å². The maximum atomic E-state index is 12.6. The molecule has 0 amide bonds. The molecule has 0 radical (unpaired) electrons. The van der Waals surface area contributed by atoms with Crippen molar-refractivity contribution in [2.45, 2.75) is 195 Å². The number of aldehydes is 1. The third-order valence-corrected chi connectivity index (χ3v) is 22.8. The first-order chi connectivity index (χ1) is 48.3. The second kappa shape index (κ2) is 38.6. The van der Waals surface area contributed by atoms with Gasteiger partial charge in [0.15, 0.2) is 15.9 Å². The molecule has 6 heterocycles. The molecule has 11 rings (SSSR count). The number of benzene rings is 5. The minimum atomic E-state index is -4.91. The molecular formula is C74H94F9NO14S5. The van der Waals surface area contributed by atoms with Gasteiger partial charge in [-0.05, 0) is 181 Å². The third-order valence-electron chi connectivity index (χ3n) is 18.8. The molecule has 0 spiro atoms. The van der Waals surface area contributed by atoms with Gasteiger partial charge in [-0.25, -0.2) is 8.42 Å². The lowest BCUT2D eigenvalue weighted by Gasteiger charge is -2.37. The van der Waals surface area contributed by atoms with Gasteiger partial charge in [0.1, 0.15) is 35.0 Å². The largest absolute Gasteiger partial charge is 0.493 e. The standard InChI is InChI=1S/C14H15F3O4S.C14H17F3O2S.C14H15F3O2S.C13H18O2S.C13H16O2S.C4H8O.C2H5NO/c1-13(8-12(18)14(15,16)17)5-6-21-11-4-3-9(7-10(11)13)22(2,19)20;2*1-13(8-12(18)14(15,16)17)5-6-19-11-4-3-9(20-2)7-10(11)13;2*1-13(5-7-14)6-8-15-12-4-3-10(16-2)9-11(12)13;1-2-4-5-3-1;1-2-3-4/h3-4,7H,5-6,8H2,1-2H3;3-4,7,12,18H,5-6,8H2,1-2H3;3-4,7H,5-6,8H2,1-2H3;3-4,9,14H,5-8H2,1-2H3;3-4,7,9H,5-6,8H2,1-2H3;1-4H2;2,4H,1H3/b;;;;;;3-2+. The number of oxime groups is 1. The summed E-state index contributed by atoms with van der Waals surface area (Å²) in [6.07, 6.45) is -0.0259. The molecule has 6 unspecified atom stereocenters. The molecule has 1 fully saturated rings. The average molecular weight is 1550 g/mol. The molecule has 3 N–H and O–H groups in total. The lowest BCUT2D eigenvalue weighted by molar-refractivity contribution is -0.209. The Balaban J connectivity index is 0.000000225. The Morgan fingerprint density at radius 3 is 1.14 bits per heavy atom. The smallest absolute Gasteiger partial charge is 0.450 e. The van der Waals surface area contributed by atoms with Crippen molar-refractivity contribution in [1.82, 2.24) is 0 Å². The van der Waals surface area contributed by atoms with Crippen molar-refractivity contribution in [3.63, 3.8) is 0 Å². The summed E-state index contributed by atoms with van der Waals surface area (Å²) in [4.78, 5) is 37.9. The fraction of sp³-hybridized carbons (Fsp3) is 0.541. The summed E-state index contributed by atoms with van der Waals surface area (Å²) in [5.74, 6) is -0.0722. The molecule has 0 aliphatic carbocycles. The Hall–Kier alpha value is -5.82. The van der Waals surface area contributed by atoms with Crippen molar-refractivity contribution in [1.29, 1.82) is 0 Å². The summed E-state index contributed by atoms with van der Waals surface area (Å²) in [6, 6.07) is 27.6. The van der Waals surface area contributed by atoms with Crippen LogP contribution in [0.25, 0.3) is 0 Å². The number of Topliss-reactive ketones (excluding diaryl/α,β-unsaturated/α-hetero) is 2. The number of carbonyl (C=O) groups is 3. The van der Waals surface area contributed by atoms with Gasteiger partial charge < -0.3 is 48.6 Å². The van der Waals surface area contributed by atoms with E-state index in [4.69, 9.17) is 33.6 Å². The third kappa shape index (κ3) is 24.9. The van der Waals surface area contributed by atoms with Crippen LogP contribution in [0.15, 0.2) is 121 Å². The van der Waals surface area contributed by atoms with Gasteiger partial charge in [-0.3, -0.25) is 9.59 Å². The van der Waals surface area contributed by atoms with Gasteiger partial charge in [0.05, 0.1) is 37.9 Å². The Morgan fingerprint density at radius 2 is 0.835 bits per heavy atom. The van der Waals surface area contributed by atoms with E-state index in [1.54, 1.807) is 56.4 Å². The maximum absolute atomic E-state index is 12.6. The number of aliphatic hydroxyl groups is 2. The minimum absolute atomic E-state index is 0.0116. The molecule has 0 saturated carbocycles. The number of rotatable bonds is 15. The molecule has 15 nitrogen and oxygen atoms in total. The van der Waals surface area contributed by atoms with Gasteiger partial charge in [0.2, 0.25) is 11.6 Å². The van der Waals surface area contributed by atoms with Gasteiger partial charge in [0, 0.05) is 126 Å². The van der Waals surface area contributed by atoms with E-state index in [0.717, 1.165) is 78.5 Å². The molecule has 5 aromatic rings. The first-order valence-corrected chi connectivity index (χ1v) is 40.0. The second-order valence-corrected chi connectivity index (χ2v) is 32.2. The molecule has 29 heteroatoms. The highest BCUT2D eigenvalue weighted by molar-refractivity contribution is 7.99. The number of sulfone groups is 1. The van der Waals surface area contributed by atoms with Crippen molar-refractivity contribution >= 4 is 81.0 Å². The first kappa shape index (κ1) is 87.8. The zero-order valence-corrected chi connectivity index (χ0v) is 63.8. The highest BCUT2D eigenvalue weighted by atomic mass is 32.2. The summed E-state index contributed by atoms with van der Waals surface area (Å²) in [5.41, 5.74) is 1.53. The molecule has 0 aromatic heterocycles. The first-order valence-electron chi connectivity index (χ1n) is 33.2. The van der Waals surface area contributed by atoms with Crippen LogP contribution in [-0.2, 0) is 56.0 Å². The van der Waals surface area contributed by atoms with E-state index >= 15 is 0 Å². The van der Waals surface area contributed by atoms with E-state index in [1.807, 2.05) is 42.8 Å². The van der Waals surface area contributed by atoms with Crippen LogP contribution < -0.4 is 23.7 Å². The number of thioether (sulfide) groups is 4. The van der Waals surface area contributed by atoms with E-state index in [0.29, 0.717) is 67.5 Å². The number of alkyl halides is 9. The van der Waals surface area contributed by atoms with Crippen LogP contribution in [0.3, 0.4) is 0 Å². The normalized spacial score (nSPS) is 22.4. The number of hydrogen-bond donors (Lipinski definition) is 3. The molecule has 6 aliphatic rings. The summed E-state index contributed by atoms with van der Waals surface area (Å²) in [5, 5.41) is 28.6. The van der Waals surface area contributed by atoms with Crippen LogP contribution in [-0.4, -0.2) is 157 Å². The Bertz CT molecular complexity index is 3750. The molecule has 0 bridgehead atoms. The number of ketones is 2. The molecule has 6 aliphatic heterocycles. The molecular weight excluding hydrogens is 1460 g/mol. The SMILES string of the molecule is C/C=N/O.C1CCOC1.CC1(CC(=O)C(F)(F)F)CCOc2ccc(S(C)(=O)=O)cc21.CSc1ccc2c(c1)C(C)(CC(=O)C(F)(F)F)CCO2.CSc1ccc2c(c1)C(C)(CC(O)C(F)(F)F)CCO2.CSc1ccc2c(c1)C(C)(CC=O)CCO2.CSc1ccc2c(c1)C(C)(CCO)CCO2. The van der Waals surface area contributed by atoms with Crippen LogP contribution in [0.4, 0.5) is 39.5 Å². The summed E-state index contributed by atoms with van der Waals surface area (Å²) in [7, 11) is -3.51. The lowest BCUT2D eigenvalue weighted by atomic mass is 9.73. The Kier molecular flexibility index (Phi) is 32.9. The number of nitrogens with zero attached hydrogens (tertiary/aromatic N) is 1. The fourth-order valence-corrected chi connectivity index (χ4v) is 14.7. The van der Waals surface area contributed by atoms with E-state index in [1.165, 1.54) is 88.6 Å². The van der Waals surface area contributed by atoms with Crippen LogP contribution in [0.5, 0.6) is 28.7 Å². The molecule has 6 atom stereocenters. The summed E-state index contributed by atoms with van der Waals surface area (Å²) < 4.78 is 169. The number of carbonyl (C=O) groups excluding carboxylic acids is 3. The van der Waals surface area contributed by atoms with E-state index in [9.17, 15) is 72.5 Å². The quantitative estimate of drug-likeness (QED) is 0.0222. The fourth-order valence-electron chi connectivity index (χ4n) is 12.3. The van der Waals surface area contributed by atoms with E-state index in [-0.39, 0.29) is 41.8 Å². The topological polar surface area (TPSA) is 214 Å². The van der Waals surface area contributed by atoms with Crippen molar-refractivity contribution in [3.8, 4) is 28.7 Å². The van der Waals surface area contributed by atoms with Gasteiger partial charge >= 0.3 is 18.5 Å². The average Bonchev–Trinajstić information content (AvgIpc) is 1.59. The number of ether oxygens (including phenoxy) is 6. The van der Waals surface area contributed by atoms with Crippen molar-refractivity contribution in [3.05, 3.63) is 119 Å². The molecule has 572 valence electrons. The number of fused-ring (bicyclic) bond motifs is 5. The predicted octanol–water partition coefficient (Wildman–Crippen LogP) is 17.5. The van der Waals surface area contributed by atoms with Gasteiger partial charge in [-0.2, -0.15) is 39.5 Å². The van der Waals surface area contributed by atoms with Crippen molar-refractivity contribution < 1.29 is 106 Å². The second-order valence-electron chi connectivity index (χ2n) is 26.7. The minimum Gasteiger partial charge on any atom is -0.493 e. The van der Waals surface area contributed by atoms with Gasteiger partial charge in [0.25, 0.3) is 0 Å². The maximum Gasteiger partial charge on any atom is 0.450 e. The number of halogens is 9. The number of aliphatic hydroxyl groups excluding tert-OH is 2. The highest BCUT2D eigenvalue weighted by Gasteiger charge is 2.48. The van der Waals surface area contributed by atoms with E-state index < -0.39 is 75.1 Å². The van der Waals surface area contributed by atoms with Crippen LogP contribution in [0, 0.1) is 0 Å². The monoisotopic (exact) mass is 1550 g/mol. The highest BCUT2D eigenvalue weighted by Crippen LogP contribution is 2.49. The lowest BCUT2D eigenvalue weighted by Crippen LogP contribution is -2.39. The predicted molar refractivity (Wildman–Crippen MR) is 386 cm³/mol. The van der Waals surface area contributed by atoms with Crippen LogP contribution in [0.2, 0.25) is 0 Å². The zero-order valence-electron chi connectivity index (χ0n) is 59.8. The molecule has 5 aromatic carbocycles. The molecule has 1 saturated heterocycles.